The zero-order valence-corrected chi connectivity index (χ0v) is 16.1. The molecule has 6 nitrogen and oxygen atoms in total. The van der Waals surface area contributed by atoms with Gasteiger partial charge in [-0.1, -0.05) is 43.7 Å². The number of aromatic nitrogens is 2. The van der Waals surface area contributed by atoms with E-state index in [1.807, 2.05) is 31.2 Å². The van der Waals surface area contributed by atoms with Gasteiger partial charge in [0, 0.05) is 6.04 Å². The Bertz CT molecular complexity index is 734. The van der Waals surface area contributed by atoms with Gasteiger partial charge in [0.1, 0.15) is 5.75 Å². The van der Waals surface area contributed by atoms with Crippen LogP contribution in [0.15, 0.2) is 33.9 Å². The van der Waals surface area contributed by atoms with Crippen LogP contribution in [-0.2, 0) is 11.4 Å². The maximum Gasteiger partial charge on any atom is 0.277 e. The molecular formula is C19H25N3O3S. The number of benzene rings is 1. The lowest BCUT2D eigenvalue weighted by Gasteiger charge is -2.29. The van der Waals surface area contributed by atoms with E-state index < -0.39 is 0 Å². The Morgan fingerprint density at radius 3 is 3.00 bits per heavy atom. The van der Waals surface area contributed by atoms with Crippen LogP contribution >= 0.6 is 11.8 Å². The second-order valence-electron chi connectivity index (χ2n) is 6.79. The zero-order valence-electron chi connectivity index (χ0n) is 15.2. The molecule has 1 aromatic carbocycles. The smallest absolute Gasteiger partial charge is 0.277 e. The van der Waals surface area contributed by atoms with Crippen LogP contribution in [-0.4, -0.2) is 27.9 Å². The first-order valence-electron chi connectivity index (χ1n) is 9.04. The van der Waals surface area contributed by atoms with Crippen molar-refractivity contribution in [1.82, 2.24) is 15.5 Å². The Morgan fingerprint density at radius 1 is 1.35 bits per heavy atom. The number of carbonyl (C=O) groups is 1. The molecule has 1 aromatic heterocycles. The topological polar surface area (TPSA) is 77.2 Å². The van der Waals surface area contributed by atoms with Gasteiger partial charge >= 0.3 is 0 Å². The highest BCUT2D eigenvalue weighted by Crippen LogP contribution is 2.24. The predicted molar refractivity (Wildman–Crippen MR) is 100 cm³/mol. The average Bonchev–Trinajstić information content (AvgIpc) is 3.08. The second kappa shape index (κ2) is 9.07. The van der Waals surface area contributed by atoms with E-state index in [9.17, 15) is 4.79 Å². The van der Waals surface area contributed by atoms with Crippen molar-refractivity contribution in [2.75, 3.05) is 5.75 Å². The number of thioether (sulfide) groups is 1. The van der Waals surface area contributed by atoms with E-state index in [1.165, 1.54) is 31.0 Å². The van der Waals surface area contributed by atoms with Gasteiger partial charge in [0.15, 0.2) is 6.61 Å². The lowest BCUT2D eigenvalue weighted by molar-refractivity contribution is -0.119. The summed E-state index contributed by atoms with van der Waals surface area (Å²) in [6.07, 6.45) is 4.71. The summed E-state index contributed by atoms with van der Waals surface area (Å²) in [5, 5.41) is 11.4. The second-order valence-corrected chi connectivity index (χ2v) is 7.72. The predicted octanol–water partition coefficient (Wildman–Crippen LogP) is 3.74. The number of aryl methyl sites for hydroxylation is 1. The number of nitrogens with one attached hydrogen (secondary N) is 1. The molecule has 0 unspecified atom stereocenters. The Labute approximate surface area is 158 Å². The van der Waals surface area contributed by atoms with E-state index in [0.29, 0.717) is 17.0 Å². The van der Waals surface area contributed by atoms with Crippen molar-refractivity contribution in [3.63, 3.8) is 0 Å². The van der Waals surface area contributed by atoms with Crippen molar-refractivity contribution in [2.45, 2.75) is 57.4 Å². The van der Waals surface area contributed by atoms with Crippen molar-refractivity contribution in [3.8, 4) is 5.75 Å². The normalized spacial score (nSPS) is 19.9. The van der Waals surface area contributed by atoms with Crippen LogP contribution in [0.5, 0.6) is 5.75 Å². The molecule has 26 heavy (non-hydrogen) atoms. The molecule has 7 heteroatoms. The minimum Gasteiger partial charge on any atom is -0.484 e. The monoisotopic (exact) mass is 375 g/mol. The molecule has 1 amide bonds. The fraction of sp³-hybridized carbons (Fsp3) is 0.526. The van der Waals surface area contributed by atoms with E-state index in [0.717, 1.165) is 17.7 Å². The van der Waals surface area contributed by atoms with Gasteiger partial charge < -0.3 is 14.5 Å². The van der Waals surface area contributed by atoms with Gasteiger partial charge in [-0.25, -0.2) is 0 Å². The summed E-state index contributed by atoms with van der Waals surface area (Å²) in [6.45, 7) is 4.42. The summed E-state index contributed by atoms with van der Waals surface area (Å²) in [5.74, 6) is 2.01. The molecule has 0 aliphatic heterocycles. The van der Waals surface area contributed by atoms with Gasteiger partial charge in [-0.15, -0.1) is 10.2 Å². The molecule has 0 saturated heterocycles. The average molecular weight is 375 g/mol. The Balaban J connectivity index is 1.42. The molecule has 0 spiro atoms. The third kappa shape index (κ3) is 5.49. The molecule has 1 N–H and O–H groups in total. The molecule has 2 aromatic rings. The first kappa shape index (κ1) is 18.8. The van der Waals surface area contributed by atoms with Crippen molar-refractivity contribution < 1.29 is 13.9 Å². The van der Waals surface area contributed by atoms with Crippen LogP contribution in [0.4, 0.5) is 0 Å². The largest absolute Gasteiger partial charge is 0.484 e. The molecule has 1 saturated carbocycles. The Kier molecular flexibility index (Phi) is 6.55. The number of nitrogens with zero attached hydrogens (tertiary/aromatic N) is 2. The third-order valence-electron chi connectivity index (χ3n) is 4.58. The van der Waals surface area contributed by atoms with Crippen LogP contribution in [0.25, 0.3) is 0 Å². The first-order valence-corrected chi connectivity index (χ1v) is 10.0. The fourth-order valence-electron chi connectivity index (χ4n) is 3.11. The third-order valence-corrected chi connectivity index (χ3v) is 5.40. The molecule has 1 fully saturated rings. The quantitative estimate of drug-likeness (QED) is 0.743. The molecule has 1 aliphatic carbocycles. The standard InChI is InChI=1S/C19H25N3O3S/c1-13-6-5-8-15(10-13)24-11-18-21-22-19(25-18)26-12-17(23)20-16-9-4-3-7-14(16)2/h5-6,8,10,14,16H,3-4,7,9,11-12H2,1-2H3,(H,20,23)/t14-,16+/m0/s1. The SMILES string of the molecule is Cc1cccc(OCc2nnc(SCC(=O)N[C@@H]3CCCC[C@@H]3C)o2)c1. The molecule has 2 atom stereocenters. The van der Waals surface area contributed by atoms with Gasteiger partial charge in [-0.3, -0.25) is 4.79 Å². The van der Waals surface area contributed by atoms with Gasteiger partial charge in [0.05, 0.1) is 5.75 Å². The summed E-state index contributed by atoms with van der Waals surface area (Å²) < 4.78 is 11.2. The van der Waals surface area contributed by atoms with E-state index in [-0.39, 0.29) is 24.3 Å². The number of hydrogen-bond acceptors (Lipinski definition) is 6. The summed E-state index contributed by atoms with van der Waals surface area (Å²) in [5.41, 5.74) is 1.13. The van der Waals surface area contributed by atoms with Crippen molar-refractivity contribution in [1.29, 1.82) is 0 Å². The van der Waals surface area contributed by atoms with E-state index in [4.69, 9.17) is 9.15 Å². The molecule has 1 heterocycles. The summed E-state index contributed by atoms with van der Waals surface area (Å²) in [7, 11) is 0. The minimum atomic E-state index is 0.0181. The van der Waals surface area contributed by atoms with Gasteiger partial charge in [0.25, 0.3) is 11.1 Å². The van der Waals surface area contributed by atoms with E-state index >= 15 is 0 Å². The lowest BCUT2D eigenvalue weighted by atomic mass is 9.86. The Hall–Kier alpha value is -2.02. The van der Waals surface area contributed by atoms with Gasteiger partial charge in [0.2, 0.25) is 5.91 Å². The van der Waals surface area contributed by atoms with Crippen LogP contribution < -0.4 is 10.1 Å². The highest BCUT2D eigenvalue weighted by molar-refractivity contribution is 7.99. The molecule has 0 radical (unpaired) electrons. The van der Waals surface area contributed by atoms with Gasteiger partial charge in [-0.05, 0) is 43.4 Å². The molecular weight excluding hydrogens is 350 g/mol. The number of hydrogen-bond donors (Lipinski definition) is 1. The Morgan fingerprint density at radius 2 is 2.19 bits per heavy atom. The van der Waals surface area contributed by atoms with Crippen molar-refractivity contribution >= 4 is 17.7 Å². The molecule has 140 valence electrons. The number of amides is 1. The van der Waals surface area contributed by atoms with Crippen LogP contribution in [0.2, 0.25) is 0 Å². The minimum absolute atomic E-state index is 0.0181. The van der Waals surface area contributed by atoms with Crippen LogP contribution in [0.3, 0.4) is 0 Å². The zero-order chi connectivity index (χ0) is 18.4. The maximum absolute atomic E-state index is 12.1. The summed E-state index contributed by atoms with van der Waals surface area (Å²) >= 11 is 1.26. The molecule has 1 aliphatic rings. The highest BCUT2D eigenvalue weighted by atomic mass is 32.2. The summed E-state index contributed by atoms with van der Waals surface area (Å²) in [4.78, 5) is 12.1. The molecule has 0 bridgehead atoms. The van der Waals surface area contributed by atoms with E-state index in [1.54, 1.807) is 0 Å². The van der Waals surface area contributed by atoms with Crippen molar-refractivity contribution in [3.05, 3.63) is 35.7 Å². The van der Waals surface area contributed by atoms with Crippen LogP contribution in [0.1, 0.15) is 44.1 Å². The summed E-state index contributed by atoms with van der Waals surface area (Å²) in [6, 6.07) is 8.06. The number of rotatable bonds is 7. The first-order chi connectivity index (χ1) is 12.6. The van der Waals surface area contributed by atoms with E-state index in [2.05, 4.69) is 22.4 Å². The van der Waals surface area contributed by atoms with Crippen molar-refractivity contribution in [2.24, 2.45) is 5.92 Å². The molecule has 3 rings (SSSR count). The maximum atomic E-state index is 12.1. The lowest BCUT2D eigenvalue weighted by Crippen LogP contribution is -2.41. The van der Waals surface area contributed by atoms with Crippen LogP contribution in [0, 0.1) is 12.8 Å². The number of carbonyl (C=O) groups excluding carboxylic acids is 1. The van der Waals surface area contributed by atoms with Gasteiger partial charge in [-0.2, -0.15) is 0 Å². The fourth-order valence-corrected chi connectivity index (χ4v) is 3.70. The number of ether oxygens (including phenoxy) is 1. The highest BCUT2D eigenvalue weighted by Gasteiger charge is 2.23.